The van der Waals surface area contributed by atoms with Crippen LogP contribution in [0.5, 0.6) is 6.01 Å². The van der Waals surface area contributed by atoms with E-state index in [-0.39, 0.29) is 50.3 Å². The number of ether oxygens (including phenoxy) is 1. The highest BCUT2D eigenvalue weighted by atomic mass is 32.1. The molecule has 254 valence electrons. The number of likely N-dealkylation sites (N-methyl/N-ethyl adjacent to an activating group) is 1. The van der Waals surface area contributed by atoms with Gasteiger partial charge in [-0.15, -0.1) is 0 Å². The van der Waals surface area contributed by atoms with E-state index in [0.717, 1.165) is 68.3 Å². The second kappa shape index (κ2) is 11.8. The summed E-state index contributed by atoms with van der Waals surface area (Å²) in [6, 6.07) is 1.78. The average Bonchev–Trinajstić information content (AvgIpc) is 3.82. The second-order valence-electron chi connectivity index (χ2n) is 12.8. The number of amides is 1. The molecule has 2 aromatic heterocycles. The molecule has 7 rings (SSSR count). The molecule has 10 nitrogen and oxygen atoms in total. The molecule has 0 spiro atoms. The van der Waals surface area contributed by atoms with E-state index in [0.29, 0.717) is 19.2 Å². The van der Waals surface area contributed by atoms with Gasteiger partial charge in [0, 0.05) is 36.1 Å². The number of rotatable bonds is 7. The molecule has 2 aromatic carbocycles. The van der Waals surface area contributed by atoms with Crippen molar-refractivity contribution in [2.75, 3.05) is 43.9 Å². The van der Waals surface area contributed by atoms with Crippen LogP contribution in [-0.4, -0.2) is 87.8 Å². The molecule has 3 fully saturated rings. The van der Waals surface area contributed by atoms with E-state index in [4.69, 9.17) is 15.9 Å². The minimum atomic E-state index is -5.04. The van der Waals surface area contributed by atoms with Crippen LogP contribution in [0.3, 0.4) is 0 Å². The van der Waals surface area contributed by atoms with Crippen LogP contribution in [0.1, 0.15) is 44.6 Å². The molecule has 3 aliphatic rings. The van der Waals surface area contributed by atoms with E-state index >= 15 is 4.39 Å². The number of halogens is 5. The predicted octanol–water partition coefficient (Wildman–Crippen LogP) is 5.87. The molecule has 0 saturated carbocycles. The van der Waals surface area contributed by atoms with Crippen LogP contribution in [0.25, 0.3) is 32.2 Å². The van der Waals surface area contributed by atoms with Crippen LogP contribution in [-0.2, 0) is 11.0 Å². The molecular formula is C32H33F5N8O2S. The Morgan fingerprint density at radius 2 is 1.90 bits per heavy atom. The number of thiazole rings is 1. The summed E-state index contributed by atoms with van der Waals surface area (Å²) < 4.78 is 82.3. The fourth-order valence-electron chi connectivity index (χ4n) is 7.86. The molecule has 3 N–H and O–H groups in total. The van der Waals surface area contributed by atoms with Gasteiger partial charge in [-0.1, -0.05) is 11.3 Å². The van der Waals surface area contributed by atoms with Gasteiger partial charge in [-0.05, 0) is 70.3 Å². The van der Waals surface area contributed by atoms with E-state index in [1.54, 1.807) is 18.9 Å². The molecule has 3 aliphatic heterocycles. The van der Waals surface area contributed by atoms with Gasteiger partial charge in [0.15, 0.2) is 10.9 Å². The highest BCUT2D eigenvalue weighted by molar-refractivity contribution is 7.22. The van der Waals surface area contributed by atoms with Crippen molar-refractivity contribution in [2.24, 2.45) is 0 Å². The first kappa shape index (κ1) is 32.4. The molecule has 0 bridgehead atoms. The monoisotopic (exact) mass is 688 g/mol. The minimum Gasteiger partial charge on any atom is -0.461 e. The number of hydrogen-bond donors (Lipinski definition) is 2. The summed E-state index contributed by atoms with van der Waals surface area (Å²) in [4.78, 5) is 30.9. The number of carbonyl (C=O) groups is 1. The Balaban J connectivity index is 1.42. The summed E-state index contributed by atoms with van der Waals surface area (Å²) in [5.74, 6) is -2.52. The molecule has 5 heterocycles. The number of nitrogen functional groups attached to an aromatic ring is 1. The maximum absolute atomic E-state index is 16.9. The van der Waals surface area contributed by atoms with E-state index in [1.807, 2.05) is 0 Å². The number of fused-ring (bicyclic) bond motifs is 3. The molecule has 4 aromatic rings. The van der Waals surface area contributed by atoms with E-state index in [9.17, 15) is 22.4 Å². The van der Waals surface area contributed by atoms with Crippen LogP contribution in [0.2, 0.25) is 0 Å². The standard InChI is InChI=1S/C32H33F5N8O2S/c1-16-21(7-12-45(16)22(46)14-38)43(2)28-18-13-19(32(35,36)37)23(17-5-6-20(33)27-26(17)40-29(39)48-27)24(34)25(18)41-30(42-28)47-15-31-8-3-10-44(31)11-4-9-31/h5-6,13-14,16,21,38H,3-4,7-12,15H2,1-2H3,(H2,39,40)/t16-,21-/m1/s1. The summed E-state index contributed by atoms with van der Waals surface area (Å²) in [6.45, 7) is 4.20. The number of nitrogens with one attached hydrogen (secondary N) is 1. The maximum Gasteiger partial charge on any atom is 0.417 e. The zero-order valence-corrected chi connectivity index (χ0v) is 27.0. The van der Waals surface area contributed by atoms with Crippen molar-refractivity contribution in [3.8, 4) is 17.1 Å². The molecular weight excluding hydrogens is 655 g/mol. The number of likely N-dealkylation sites (tertiary alicyclic amines) is 1. The topological polar surface area (TPSA) is 125 Å². The summed E-state index contributed by atoms with van der Waals surface area (Å²) in [5, 5.41) is 7.12. The molecule has 0 unspecified atom stereocenters. The Bertz CT molecular complexity index is 1940. The summed E-state index contributed by atoms with van der Waals surface area (Å²) >= 11 is 0.753. The van der Waals surface area contributed by atoms with Crippen LogP contribution >= 0.6 is 11.3 Å². The van der Waals surface area contributed by atoms with E-state index in [2.05, 4.69) is 19.9 Å². The Labute approximate surface area is 276 Å². The molecule has 0 aliphatic carbocycles. The second-order valence-corrected chi connectivity index (χ2v) is 13.8. The smallest absolute Gasteiger partial charge is 0.417 e. The average molecular weight is 689 g/mol. The number of hydrogen-bond acceptors (Lipinski definition) is 10. The lowest BCUT2D eigenvalue weighted by atomic mass is 9.95. The number of nitrogens with zero attached hydrogens (tertiary/aromatic N) is 6. The molecule has 1 amide bonds. The van der Waals surface area contributed by atoms with Crippen molar-refractivity contribution >= 4 is 55.5 Å². The van der Waals surface area contributed by atoms with E-state index in [1.165, 1.54) is 4.90 Å². The first-order valence-corrected chi connectivity index (χ1v) is 16.5. The van der Waals surface area contributed by atoms with E-state index < -0.39 is 52.4 Å². The predicted molar refractivity (Wildman–Crippen MR) is 173 cm³/mol. The lowest BCUT2D eigenvalue weighted by Crippen LogP contribution is -2.44. The lowest BCUT2D eigenvalue weighted by molar-refractivity contribution is -0.137. The molecule has 16 heteroatoms. The van der Waals surface area contributed by atoms with Crippen LogP contribution in [0.15, 0.2) is 18.2 Å². The van der Waals surface area contributed by atoms with Gasteiger partial charge in [0.05, 0.1) is 33.6 Å². The van der Waals surface area contributed by atoms with Gasteiger partial charge in [0.25, 0.3) is 5.91 Å². The molecule has 48 heavy (non-hydrogen) atoms. The first-order valence-electron chi connectivity index (χ1n) is 15.7. The van der Waals surface area contributed by atoms with Crippen LogP contribution in [0.4, 0.5) is 32.9 Å². The summed E-state index contributed by atoms with van der Waals surface area (Å²) in [6.07, 6.45) is -0.0583. The minimum absolute atomic E-state index is 0.00121. The van der Waals surface area contributed by atoms with Gasteiger partial charge in [-0.25, -0.2) is 13.8 Å². The van der Waals surface area contributed by atoms with Crippen molar-refractivity contribution in [3.05, 3.63) is 35.4 Å². The lowest BCUT2D eigenvalue weighted by Gasteiger charge is -2.33. The Morgan fingerprint density at radius 1 is 1.17 bits per heavy atom. The van der Waals surface area contributed by atoms with Crippen molar-refractivity contribution in [1.29, 1.82) is 5.41 Å². The zero-order valence-electron chi connectivity index (χ0n) is 26.2. The normalized spacial score (nSPS) is 20.9. The molecule has 2 atom stereocenters. The first-order chi connectivity index (χ1) is 22.8. The van der Waals surface area contributed by atoms with Gasteiger partial charge in [-0.3, -0.25) is 9.69 Å². The maximum atomic E-state index is 16.9. The van der Waals surface area contributed by atoms with Gasteiger partial charge in [0.2, 0.25) is 0 Å². The fraction of sp³-hybridized carbons (Fsp3) is 0.469. The van der Waals surface area contributed by atoms with Crippen LogP contribution in [0, 0.1) is 17.0 Å². The summed E-state index contributed by atoms with van der Waals surface area (Å²) in [7, 11) is 1.63. The number of aromatic nitrogens is 3. The molecule has 3 saturated heterocycles. The Hall–Kier alpha value is -4.18. The number of anilines is 2. The summed E-state index contributed by atoms with van der Waals surface area (Å²) in [5.41, 5.74) is 2.56. The van der Waals surface area contributed by atoms with Gasteiger partial charge < -0.3 is 25.7 Å². The Kier molecular flexibility index (Phi) is 7.93. The van der Waals surface area contributed by atoms with Gasteiger partial charge >= 0.3 is 12.2 Å². The highest BCUT2D eigenvalue weighted by Crippen LogP contribution is 2.46. The molecule has 0 radical (unpaired) electrons. The zero-order chi connectivity index (χ0) is 34.1. The quantitative estimate of drug-likeness (QED) is 0.183. The number of alkyl halides is 3. The van der Waals surface area contributed by atoms with Crippen molar-refractivity contribution in [3.63, 3.8) is 0 Å². The highest BCUT2D eigenvalue weighted by Gasteiger charge is 2.45. The number of nitrogens with two attached hydrogens (primary N) is 1. The number of carbonyl (C=O) groups excluding carboxylic acids is 1. The largest absolute Gasteiger partial charge is 0.461 e. The third-order valence-corrected chi connectivity index (χ3v) is 11.1. The third-order valence-electron chi connectivity index (χ3n) is 10.2. The fourth-order valence-corrected chi connectivity index (χ4v) is 8.62. The Morgan fingerprint density at radius 3 is 2.58 bits per heavy atom. The van der Waals surface area contributed by atoms with Gasteiger partial charge in [0.1, 0.15) is 23.8 Å². The third kappa shape index (κ3) is 5.19. The van der Waals surface area contributed by atoms with Crippen molar-refractivity contribution in [2.45, 2.75) is 62.8 Å². The van der Waals surface area contributed by atoms with Crippen molar-refractivity contribution < 1.29 is 31.5 Å². The van der Waals surface area contributed by atoms with Crippen LogP contribution < -0.4 is 15.4 Å². The van der Waals surface area contributed by atoms with Gasteiger partial charge in [-0.2, -0.15) is 23.1 Å². The van der Waals surface area contributed by atoms with Crippen molar-refractivity contribution in [1.82, 2.24) is 24.8 Å². The SMILES string of the molecule is C[C@@H]1[C@H](N(C)c2nc(OCC34CCCN3CCC4)nc3c(F)c(-c4ccc(F)c5sc(N)nc45)c(C(F)(F)F)cc23)CCN1C(=O)C=N. The number of benzene rings is 2.